The van der Waals surface area contributed by atoms with Crippen molar-refractivity contribution in [1.82, 2.24) is 5.32 Å². The van der Waals surface area contributed by atoms with Crippen LogP contribution in [0.1, 0.15) is 34.1 Å². The number of amides is 1. The van der Waals surface area contributed by atoms with Gasteiger partial charge in [0.2, 0.25) is 5.91 Å². The molecule has 0 radical (unpaired) electrons. The number of allylic oxidation sites excluding steroid dienone is 1. The van der Waals surface area contributed by atoms with Crippen molar-refractivity contribution in [3.8, 4) is 0 Å². The first kappa shape index (κ1) is 13.7. The predicted octanol–water partition coefficient (Wildman–Crippen LogP) is 1.57. The third-order valence-corrected chi connectivity index (χ3v) is 2.20. The molecule has 0 bridgehead atoms. The summed E-state index contributed by atoms with van der Waals surface area (Å²) in [6.07, 6.45) is 2.12. The van der Waals surface area contributed by atoms with Gasteiger partial charge in [0, 0.05) is 6.08 Å². The number of carboxylic acid groups (broad SMARTS) is 1. The molecule has 15 heavy (non-hydrogen) atoms. The lowest BCUT2D eigenvalue weighted by molar-refractivity contribution is -0.142. The number of hydrogen-bond donors (Lipinski definition) is 2. The summed E-state index contributed by atoms with van der Waals surface area (Å²) >= 11 is 0. The van der Waals surface area contributed by atoms with E-state index in [0.717, 1.165) is 5.57 Å². The maximum atomic E-state index is 11.3. The molecular weight excluding hydrogens is 194 g/mol. The van der Waals surface area contributed by atoms with Crippen molar-refractivity contribution in [3.05, 3.63) is 11.6 Å². The van der Waals surface area contributed by atoms with Crippen LogP contribution in [0.25, 0.3) is 0 Å². The van der Waals surface area contributed by atoms with E-state index in [9.17, 15) is 9.59 Å². The van der Waals surface area contributed by atoms with Crippen LogP contribution in [-0.4, -0.2) is 23.0 Å². The summed E-state index contributed by atoms with van der Waals surface area (Å²) in [7, 11) is 0. The Bertz CT molecular complexity index is 267. The van der Waals surface area contributed by atoms with Gasteiger partial charge in [-0.15, -0.1) is 0 Å². The number of carbonyl (C=O) groups excluding carboxylic acids is 1. The minimum atomic E-state index is -0.986. The second-order valence-corrected chi connectivity index (χ2v) is 3.93. The molecule has 2 atom stereocenters. The highest BCUT2D eigenvalue weighted by atomic mass is 16.4. The molecule has 0 aliphatic heterocycles. The SMILES string of the molecule is CCC(C)[C@H](NC(=O)C=C(C)C)C(=O)O. The minimum absolute atomic E-state index is 0.0722. The first-order valence-corrected chi connectivity index (χ1v) is 5.06. The van der Waals surface area contributed by atoms with Crippen LogP contribution in [0.4, 0.5) is 0 Å². The van der Waals surface area contributed by atoms with Crippen molar-refractivity contribution in [2.45, 2.75) is 40.2 Å². The van der Waals surface area contributed by atoms with Gasteiger partial charge in [-0.3, -0.25) is 4.79 Å². The molecule has 4 heteroatoms. The number of carboxylic acids is 1. The third kappa shape index (κ3) is 5.20. The Hall–Kier alpha value is -1.32. The molecule has 4 nitrogen and oxygen atoms in total. The molecule has 0 aliphatic carbocycles. The molecule has 0 aliphatic rings. The van der Waals surface area contributed by atoms with Gasteiger partial charge in [-0.1, -0.05) is 25.8 Å². The lowest BCUT2D eigenvalue weighted by Crippen LogP contribution is -2.44. The summed E-state index contributed by atoms with van der Waals surface area (Å²) in [5.74, 6) is -1.40. The molecule has 0 saturated carbocycles. The number of nitrogens with one attached hydrogen (secondary N) is 1. The largest absolute Gasteiger partial charge is 0.480 e. The van der Waals surface area contributed by atoms with Crippen LogP contribution in [0, 0.1) is 5.92 Å². The van der Waals surface area contributed by atoms with Gasteiger partial charge < -0.3 is 10.4 Å². The molecule has 2 N–H and O–H groups in total. The lowest BCUT2D eigenvalue weighted by Gasteiger charge is -2.19. The van der Waals surface area contributed by atoms with Crippen molar-refractivity contribution in [3.63, 3.8) is 0 Å². The van der Waals surface area contributed by atoms with Crippen LogP contribution in [0.15, 0.2) is 11.6 Å². The highest BCUT2D eigenvalue weighted by Gasteiger charge is 2.24. The van der Waals surface area contributed by atoms with Crippen LogP contribution in [0.2, 0.25) is 0 Å². The summed E-state index contributed by atoms with van der Waals surface area (Å²) in [5.41, 5.74) is 0.848. The maximum Gasteiger partial charge on any atom is 0.326 e. The molecule has 86 valence electrons. The fourth-order valence-electron chi connectivity index (χ4n) is 1.14. The smallest absolute Gasteiger partial charge is 0.326 e. The van der Waals surface area contributed by atoms with Crippen LogP contribution >= 0.6 is 0 Å². The van der Waals surface area contributed by atoms with Gasteiger partial charge in [0.1, 0.15) is 6.04 Å². The van der Waals surface area contributed by atoms with Crippen LogP contribution in [0.3, 0.4) is 0 Å². The molecule has 0 aromatic rings. The highest BCUT2D eigenvalue weighted by molar-refractivity contribution is 5.91. The Labute approximate surface area is 90.4 Å². The van der Waals surface area contributed by atoms with E-state index in [1.807, 2.05) is 13.8 Å². The molecular formula is C11H19NO3. The van der Waals surface area contributed by atoms with E-state index in [1.165, 1.54) is 6.08 Å². The monoisotopic (exact) mass is 213 g/mol. The van der Waals surface area contributed by atoms with Crippen LogP contribution < -0.4 is 5.32 Å². The van der Waals surface area contributed by atoms with Crippen LogP contribution in [-0.2, 0) is 9.59 Å². The molecule has 0 spiro atoms. The number of hydrogen-bond acceptors (Lipinski definition) is 2. The zero-order valence-corrected chi connectivity index (χ0v) is 9.70. The van der Waals surface area contributed by atoms with E-state index in [-0.39, 0.29) is 11.8 Å². The summed E-state index contributed by atoms with van der Waals surface area (Å²) in [4.78, 5) is 22.2. The quantitative estimate of drug-likeness (QED) is 0.681. The van der Waals surface area contributed by atoms with E-state index in [0.29, 0.717) is 6.42 Å². The Morgan fingerprint density at radius 1 is 1.40 bits per heavy atom. The topological polar surface area (TPSA) is 66.4 Å². The van der Waals surface area contributed by atoms with Crippen molar-refractivity contribution in [2.75, 3.05) is 0 Å². The first-order chi connectivity index (χ1) is 6.88. The van der Waals surface area contributed by atoms with E-state index < -0.39 is 12.0 Å². The summed E-state index contributed by atoms with van der Waals surface area (Å²) < 4.78 is 0. The van der Waals surface area contributed by atoms with Gasteiger partial charge in [0.15, 0.2) is 0 Å². The van der Waals surface area contributed by atoms with E-state index in [2.05, 4.69) is 5.32 Å². The van der Waals surface area contributed by atoms with E-state index in [1.54, 1.807) is 13.8 Å². The normalized spacial score (nSPS) is 13.9. The molecule has 0 heterocycles. The average molecular weight is 213 g/mol. The Morgan fingerprint density at radius 3 is 2.27 bits per heavy atom. The molecule has 0 aromatic carbocycles. The Balaban J connectivity index is 4.49. The Morgan fingerprint density at radius 2 is 1.93 bits per heavy atom. The van der Waals surface area contributed by atoms with Crippen molar-refractivity contribution >= 4 is 11.9 Å². The van der Waals surface area contributed by atoms with Crippen molar-refractivity contribution in [1.29, 1.82) is 0 Å². The lowest BCUT2D eigenvalue weighted by atomic mass is 9.99. The fourth-order valence-corrected chi connectivity index (χ4v) is 1.14. The maximum absolute atomic E-state index is 11.3. The van der Waals surface area contributed by atoms with E-state index in [4.69, 9.17) is 5.11 Å². The second kappa shape index (κ2) is 6.22. The Kier molecular flexibility index (Phi) is 5.67. The van der Waals surface area contributed by atoms with Gasteiger partial charge >= 0.3 is 5.97 Å². The standard InChI is InChI=1S/C11H19NO3/c1-5-8(4)10(11(14)15)12-9(13)6-7(2)3/h6,8,10H,5H2,1-4H3,(H,12,13)(H,14,15)/t8?,10-/m0/s1. The zero-order valence-electron chi connectivity index (χ0n) is 9.70. The summed E-state index contributed by atoms with van der Waals surface area (Å²) in [6.45, 7) is 7.28. The molecule has 0 aromatic heterocycles. The molecule has 1 unspecified atom stereocenters. The second-order valence-electron chi connectivity index (χ2n) is 3.93. The fraction of sp³-hybridized carbons (Fsp3) is 0.636. The summed E-state index contributed by atoms with van der Waals surface area (Å²) in [5, 5.41) is 11.4. The van der Waals surface area contributed by atoms with Gasteiger partial charge in [-0.2, -0.15) is 0 Å². The van der Waals surface area contributed by atoms with Gasteiger partial charge in [-0.25, -0.2) is 4.79 Å². The number of aliphatic carboxylic acids is 1. The number of rotatable bonds is 5. The van der Waals surface area contributed by atoms with Gasteiger partial charge in [-0.05, 0) is 19.8 Å². The number of carbonyl (C=O) groups is 2. The predicted molar refractivity (Wildman–Crippen MR) is 58.5 cm³/mol. The van der Waals surface area contributed by atoms with Gasteiger partial charge in [0.25, 0.3) is 0 Å². The highest BCUT2D eigenvalue weighted by Crippen LogP contribution is 2.07. The van der Waals surface area contributed by atoms with E-state index >= 15 is 0 Å². The van der Waals surface area contributed by atoms with Crippen molar-refractivity contribution in [2.24, 2.45) is 5.92 Å². The zero-order chi connectivity index (χ0) is 12.0. The third-order valence-electron chi connectivity index (χ3n) is 2.20. The van der Waals surface area contributed by atoms with Crippen molar-refractivity contribution < 1.29 is 14.7 Å². The molecule has 0 saturated heterocycles. The molecule has 1 amide bonds. The first-order valence-electron chi connectivity index (χ1n) is 5.06. The van der Waals surface area contributed by atoms with Gasteiger partial charge in [0.05, 0.1) is 0 Å². The molecule has 0 rings (SSSR count). The molecule has 0 fully saturated rings. The van der Waals surface area contributed by atoms with Crippen LogP contribution in [0.5, 0.6) is 0 Å². The summed E-state index contributed by atoms with van der Waals surface area (Å²) in [6, 6.07) is -0.807. The average Bonchev–Trinajstić information content (AvgIpc) is 2.11. The minimum Gasteiger partial charge on any atom is -0.480 e.